The maximum absolute atomic E-state index is 3.15. The monoisotopic (exact) mass is 219 g/mol. The third-order valence-corrected chi connectivity index (χ3v) is 2.62. The molecule has 0 saturated carbocycles. The van der Waals surface area contributed by atoms with Gasteiger partial charge in [0.05, 0.1) is 5.39 Å². The first-order valence-corrected chi connectivity index (χ1v) is 5.49. The minimum atomic E-state index is 0.921. The highest BCUT2D eigenvalue weighted by Gasteiger charge is 2.05. The van der Waals surface area contributed by atoms with E-state index in [2.05, 4.69) is 28.1 Å². The van der Waals surface area contributed by atoms with Gasteiger partial charge in [0.2, 0.25) is 5.52 Å². The van der Waals surface area contributed by atoms with Crippen molar-refractivity contribution in [2.24, 2.45) is 0 Å². The number of aromatic nitrogens is 2. The van der Waals surface area contributed by atoms with E-state index in [0.717, 1.165) is 22.2 Å². The summed E-state index contributed by atoms with van der Waals surface area (Å²) in [5.41, 5.74) is 3.01. The standard InChI is InChI=1S/C15H10N2/c1-2-6-12(7-3-1)10-11-15-13-8-4-5-9-14(13)16-17-15/h1-9H,(H,16,17)/p+1. The van der Waals surface area contributed by atoms with E-state index in [-0.39, 0.29) is 0 Å². The molecule has 0 atom stereocenters. The zero-order valence-electron chi connectivity index (χ0n) is 9.20. The lowest BCUT2D eigenvalue weighted by molar-refractivity contribution is -0.420. The summed E-state index contributed by atoms with van der Waals surface area (Å²) < 4.78 is 0. The van der Waals surface area contributed by atoms with Crippen LogP contribution in [0.15, 0.2) is 54.6 Å². The highest BCUT2D eigenvalue weighted by atomic mass is 15.1. The topological polar surface area (TPSA) is 29.9 Å². The molecule has 2 heteroatoms. The number of fused-ring (bicyclic) bond motifs is 1. The predicted octanol–water partition coefficient (Wildman–Crippen LogP) is 2.38. The molecule has 3 aromatic rings. The Morgan fingerprint density at radius 3 is 2.47 bits per heavy atom. The van der Waals surface area contributed by atoms with Crippen molar-refractivity contribution in [1.82, 2.24) is 5.10 Å². The molecule has 17 heavy (non-hydrogen) atoms. The van der Waals surface area contributed by atoms with Crippen molar-refractivity contribution in [2.45, 2.75) is 0 Å². The molecule has 1 heterocycles. The van der Waals surface area contributed by atoms with Gasteiger partial charge in [-0.25, -0.2) is 0 Å². The quantitative estimate of drug-likeness (QED) is 0.563. The largest absolute Gasteiger partial charge is 0.237 e. The lowest BCUT2D eigenvalue weighted by Gasteiger charge is -1.86. The van der Waals surface area contributed by atoms with Gasteiger partial charge < -0.3 is 0 Å². The SMILES string of the molecule is C(#Cc1[nH][nH+]c2ccccc12)c1ccccc1. The van der Waals surface area contributed by atoms with Crippen molar-refractivity contribution in [3.63, 3.8) is 0 Å². The number of hydrogen-bond donors (Lipinski definition) is 1. The minimum Gasteiger partial charge on any atom is -0.158 e. The van der Waals surface area contributed by atoms with Gasteiger partial charge in [-0.2, -0.15) is 5.10 Å². The number of H-pyrrole nitrogens is 2. The Kier molecular flexibility index (Phi) is 2.36. The van der Waals surface area contributed by atoms with Crippen LogP contribution >= 0.6 is 0 Å². The molecule has 0 radical (unpaired) electrons. The summed E-state index contributed by atoms with van der Waals surface area (Å²) in [7, 11) is 0. The summed E-state index contributed by atoms with van der Waals surface area (Å²) >= 11 is 0. The summed E-state index contributed by atoms with van der Waals surface area (Å²) in [6.07, 6.45) is 0. The number of rotatable bonds is 0. The molecule has 0 saturated heterocycles. The van der Waals surface area contributed by atoms with Gasteiger partial charge in [-0.05, 0) is 24.1 Å². The summed E-state index contributed by atoms with van der Waals surface area (Å²) in [4.78, 5) is 0. The van der Waals surface area contributed by atoms with Gasteiger partial charge in [0.25, 0.3) is 0 Å². The Morgan fingerprint density at radius 2 is 1.59 bits per heavy atom. The molecule has 0 spiro atoms. The average Bonchev–Trinajstić information content (AvgIpc) is 2.81. The third-order valence-electron chi connectivity index (χ3n) is 2.62. The van der Waals surface area contributed by atoms with Gasteiger partial charge in [-0.15, -0.1) is 5.10 Å². The van der Waals surface area contributed by atoms with Gasteiger partial charge in [-0.1, -0.05) is 36.3 Å². The Hall–Kier alpha value is -2.53. The fourth-order valence-corrected chi connectivity index (χ4v) is 1.76. The zero-order chi connectivity index (χ0) is 11.5. The molecule has 0 aliphatic carbocycles. The number of aromatic amines is 2. The smallest absolute Gasteiger partial charge is 0.158 e. The Morgan fingerprint density at radius 1 is 0.824 bits per heavy atom. The van der Waals surface area contributed by atoms with Crippen LogP contribution in [0, 0.1) is 11.8 Å². The molecule has 2 aromatic carbocycles. The molecule has 0 fully saturated rings. The first-order valence-electron chi connectivity index (χ1n) is 5.49. The average molecular weight is 219 g/mol. The van der Waals surface area contributed by atoms with Crippen molar-refractivity contribution < 1.29 is 5.10 Å². The molecule has 0 aliphatic heterocycles. The summed E-state index contributed by atoms with van der Waals surface area (Å²) in [5, 5.41) is 7.30. The molecule has 0 unspecified atom stereocenters. The van der Waals surface area contributed by atoms with Crippen LogP contribution in [0.25, 0.3) is 10.9 Å². The molecule has 0 aliphatic rings. The van der Waals surface area contributed by atoms with Crippen LogP contribution in [0.3, 0.4) is 0 Å². The van der Waals surface area contributed by atoms with E-state index >= 15 is 0 Å². The molecule has 3 rings (SSSR count). The maximum atomic E-state index is 3.15. The highest BCUT2D eigenvalue weighted by Crippen LogP contribution is 2.11. The van der Waals surface area contributed by atoms with E-state index in [1.54, 1.807) is 0 Å². The second kappa shape index (κ2) is 4.15. The molecule has 2 nitrogen and oxygen atoms in total. The molecule has 0 amide bonds. The molecule has 0 bridgehead atoms. The van der Waals surface area contributed by atoms with Crippen molar-refractivity contribution in [3.8, 4) is 11.8 Å². The lowest BCUT2D eigenvalue weighted by Crippen LogP contribution is -2.00. The number of benzene rings is 2. The lowest BCUT2D eigenvalue weighted by atomic mass is 10.2. The van der Waals surface area contributed by atoms with Crippen molar-refractivity contribution in [1.29, 1.82) is 0 Å². The molecular formula is C15H11N2+. The number of hydrogen-bond acceptors (Lipinski definition) is 0. The van der Waals surface area contributed by atoms with Gasteiger partial charge >= 0.3 is 0 Å². The second-order valence-electron chi connectivity index (χ2n) is 3.79. The maximum Gasteiger partial charge on any atom is 0.237 e. The summed E-state index contributed by atoms with van der Waals surface area (Å²) in [6.45, 7) is 0. The fraction of sp³-hybridized carbons (Fsp3) is 0. The Labute approximate surface area is 99.3 Å². The number of para-hydroxylation sites is 1. The highest BCUT2D eigenvalue weighted by molar-refractivity contribution is 5.81. The van der Waals surface area contributed by atoms with E-state index in [1.807, 2.05) is 48.5 Å². The molecule has 1 aromatic heterocycles. The number of nitrogens with one attached hydrogen (secondary N) is 2. The first kappa shape index (κ1) is 9.68. The normalized spacial score (nSPS) is 9.88. The van der Waals surface area contributed by atoms with Crippen LogP contribution in [-0.2, 0) is 0 Å². The van der Waals surface area contributed by atoms with Gasteiger partial charge in [0.1, 0.15) is 0 Å². The van der Waals surface area contributed by atoms with E-state index < -0.39 is 0 Å². The van der Waals surface area contributed by atoms with Gasteiger partial charge in [0, 0.05) is 11.6 Å². The zero-order valence-corrected chi connectivity index (χ0v) is 9.20. The van der Waals surface area contributed by atoms with E-state index in [9.17, 15) is 0 Å². The van der Waals surface area contributed by atoms with Crippen LogP contribution in [-0.4, -0.2) is 5.10 Å². The fourth-order valence-electron chi connectivity index (χ4n) is 1.76. The minimum absolute atomic E-state index is 0.921. The van der Waals surface area contributed by atoms with Crippen LogP contribution in [0.2, 0.25) is 0 Å². The first-order chi connectivity index (χ1) is 8.43. The van der Waals surface area contributed by atoms with Crippen molar-refractivity contribution in [3.05, 3.63) is 65.9 Å². The van der Waals surface area contributed by atoms with Crippen LogP contribution < -0.4 is 5.10 Å². The van der Waals surface area contributed by atoms with Gasteiger partial charge in [0.15, 0.2) is 5.69 Å². The van der Waals surface area contributed by atoms with Gasteiger partial charge in [-0.3, -0.25) is 0 Å². The van der Waals surface area contributed by atoms with Crippen LogP contribution in [0.1, 0.15) is 11.3 Å². The van der Waals surface area contributed by atoms with Crippen LogP contribution in [0.4, 0.5) is 0 Å². The summed E-state index contributed by atoms with van der Waals surface area (Å²) in [6, 6.07) is 18.1. The Balaban J connectivity index is 2.04. The molecule has 2 N–H and O–H groups in total. The van der Waals surface area contributed by atoms with Crippen molar-refractivity contribution in [2.75, 3.05) is 0 Å². The second-order valence-corrected chi connectivity index (χ2v) is 3.79. The Bertz CT molecular complexity index is 700. The molecule has 80 valence electrons. The van der Waals surface area contributed by atoms with E-state index in [1.165, 1.54) is 0 Å². The predicted molar refractivity (Wildman–Crippen MR) is 67.3 cm³/mol. The van der Waals surface area contributed by atoms with E-state index in [0.29, 0.717) is 0 Å². The van der Waals surface area contributed by atoms with E-state index in [4.69, 9.17) is 0 Å². The van der Waals surface area contributed by atoms with Crippen LogP contribution in [0.5, 0.6) is 0 Å². The third kappa shape index (κ3) is 1.91. The summed E-state index contributed by atoms with van der Waals surface area (Å²) in [5.74, 6) is 6.29. The molecular weight excluding hydrogens is 208 g/mol. The van der Waals surface area contributed by atoms with Crippen molar-refractivity contribution >= 4 is 10.9 Å².